The van der Waals surface area contributed by atoms with Crippen LogP contribution in [-0.4, -0.2) is 26.7 Å². The van der Waals surface area contributed by atoms with Crippen LogP contribution >= 0.6 is 15.9 Å². The molecule has 1 aliphatic heterocycles. The smallest absolute Gasteiger partial charge is 0.322 e. The second kappa shape index (κ2) is 5.77. The molecule has 0 radical (unpaired) electrons. The van der Waals surface area contributed by atoms with Gasteiger partial charge in [0, 0.05) is 21.4 Å². The van der Waals surface area contributed by atoms with E-state index in [2.05, 4.69) is 26.6 Å². The van der Waals surface area contributed by atoms with Gasteiger partial charge in [-0.25, -0.2) is 4.79 Å². The van der Waals surface area contributed by atoms with Gasteiger partial charge < -0.3 is 20.1 Å². The number of amides is 3. The predicted molar refractivity (Wildman–Crippen MR) is 97.8 cm³/mol. The highest BCUT2D eigenvalue weighted by Gasteiger charge is 2.48. The van der Waals surface area contributed by atoms with E-state index in [1.807, 2.05) is 0 Å². The second-order valence-electron chi connectivity index (χ2n) is 6.17. The maximum absolute atomic E-state index is 12.6. The number of fused-ring (bicyclic) bond motifs is 1. The molecule has 2 aromatic carbocycles. The summed E-state index contributed by atoms with van der Waals surface area (Å²) in [7, 11) is 0. The van der Waals surface area contributed by atoms with E-state index < -0.39 is 17.5 Å². The van der Waals surface area contributed by atoms with Crippen molar-refractivity contribution in [3.8, 4) is 11.6 Å². The van der Waals surface area contributed by atoms with E-state index in [9.17, 15) is 19.8 Å². The summed E-state index contributed by atoms with van der Waals surface area (Å²) in [6.07, 6.45) is 1.67. The first-order valence-electron chi connectivity index (χ1n) is 7.79. The number of rotatable bonds is 3. The summed E-state index contributed by atoms with van der Waals surface area (Å²) in [5.41, 5.74) is -0.768. The molecular formula is C18H14BrN3O4. The summed E-state index contributed by atoms with van der Waals surface area (Å²) in [6, 6.07) is 11.1. The third-order valence-corrected chi connectivity index (χ3v) is 5.06. The van der Waals surface area contributed by atoms with Crippen molar-refractivity contribution >= 4 is 38.6 Å². The summed E-state index contributed by atoms with van der Waals surface area (Å²) in [6.45, 7) is -0.00647. The second-order valence-corrected chi connectivity index (χ2v) is 7.09. The number of hydrogen-bond acceptors (Lipinski definition) is 4. The van der Waals surface area contributed by atoms with Gasteiger partial charge in [-0.05, 0) is 35.9 Å². The van der Waals surface area contributed by atoms with Gasteiger partial charge in [-0.15, -0.1) is 0 Å². The van der Waals surface area contributed by atoms with Gasteiger partial charge in [-0.2, -0.15) is 0 Å². The first kappa shape index (κ1) is 16.5. The monoisotopic (exact) mass is 415 g/mol. The van der Waals surface area contributed by atoms with Crippen LogP contribution in [0.4, 0.5) is 4.79 Å². The van der Waals surface area contributed by atoms with Gasteiger partial charge in [-0.3, -0.25) is 10.1 Å². The molecule has 8 heteroatoms. The maximum Gasteiger partial charge on any atom is 0.322 e. The van der Waals surface area contributed by atoms with Crippen molar-refractivity contribution in [1.82, 2.24) is 15.2 Å². The van der Waals surface area contributed by atoms with E-state index in [4.69, 9.17) is 0 Å². The van der Waals surface area contributed by atoms with Crippen LogP contribution in [0.15, 0.2) is 53.1 Å². The van der Waals surface area contributed by atoms with Crippen LogP contribution < -0.4 is 10.6 Å². The molecule has 4 N–H and O–H groups in total. The predicted octanol–water partition coefficient (Wildman–Crippen LogP) is 2.55. The molecule has 2 heterocycles. The summed E-state index contributed by atoms with van der Waals surface area (Å²) < 4.78 is 2.32. The van der Waals surface area contributed by atoms with Gasteiger partial charge in [-0.1, -0.05) is 28.1 Å². The van der Waals surface area contributed by atoms with Gasteiger partial charge in [0.2, 0.25) is 0 Å². The molecule has 7 nitrogen and oxygen atoms in total. The number of halogens is 1. The van der Waals surface area contributed by atoms with Gasteiger partial charge >= 0.3 is 6.03 Å². The molecule has 1 aromatic heterocycles. The molecule has 26 heavy (non-hydrogen) atoms. The molecule has 1 atom stereocenters. The fourth-order valence-electron chi connectivity index (χ4n) is 3.24. The van der Waals surface area contributed by atoms with Gasteiger partial charge in [0.25, 0.3) is 5.91 Å². The molecule has 1 fully saturated rings. The number of hydrogen-bond donors (Lipinski definition) is 4. The topological polar surface area (TPSA) is 104 Å². The number of aromatic hydroxyl groups is 2. The number of nitrogens with one attached hydrogen (secondary N) is 2. The average Bonchev–Trinajstić information content (AvgIpc) is 3.06. The molecule has 132 valence electrons. The highest BCUT2D eigenvalue weighted by molar-refractivity contribution is 9.10. The molecular weight excluding hydrogens is 402 g/mol. The molecule has 0 bridgehead atoms. The number of aromatic nitrogens is 1. The lowest BCUT2D eigenvalue weighted by Crippen LogP contribution is -2.47. The van der Waals surface area contributed by atoms with Crippen LogP contribution in [0.1, 0.15) is 5.56 Å². The zero-order valence-electron chi connectivity index (χ0n) is 13.4. The van der Waals surface area contributed by atoms with Crippen molar-refractivity contribution in [3.05, 3.63) is 58.7 Å². The highest BCUT2D eigenvalue weighted by atomic mass is 79.9. The molecule has 0 saturated carbocycles. The number of nitrogens with zero attached hydrogens (tertiary/aromatic N) is 1. The van der Waals surface area contributed by atoms with Crippen LogP contribution in [0.3, 0.4) is 0 Å². The Hall–Kier alpha value is -3.00. The van der Waals surface area contributed by atoms with Crippen LogP contribution in [0.2, 0.25) is 0 Å². The Kier molecular flexibility index (Phi) is 3.66. The van der Waals surface area contributed by atoms with Crippen molar-refractivity contribution in [3.63, 3.8) is 0 Å². The van der Waals surface area contributed by atoms with Crippen molar-refractivity contribution in [2.45, 2.75) is 12.1 Å². The van der Waals surface area contributed by atoms with Crippen molar-refractivity contribution in [2.75, 3.05) is 0 Å². The molecule has 1 saturated heterocycles. The Bertz CT molecular complexity index is 1040. The number of carbonyl (C=O) groups excluding carboxylic acids is 2. The van der Waals surface area contributed by atoms with Crippen LogP contribution in [0.5, 0.6) is 11.6 Å². The zero-order chi connectivity index (χ0) is 18.5. The SMILES string of the molecule is O=C1NC(=O)C(Cn2cc3ccc(O)cc3c2O)(c2ccc(Br)cc2)N1. The molecule has 1 unspecified atom stereocenters. The molecule has 0 aliphatic carbocycles. The Morgan fingerprint density at radius 1 is 1.08 bits per heavy atom. The number of carbonyl (C=O) groups is 2. The first-order valence-corrected chi connectivity index (χ1v) is 8.59. The largest absolute Gasteiger partial charge is 0.508 e. The van der Waals surface area contributed by atoms with Crippen molar-refractivity contribution in [1.29, 1.82) is 0 Å². The van der Waals surface area contributed by atoms with Crippen molar-refractivity contribution < 1.29 is 19.8 Å². The fraction of sp³-hybridized carbons (Fsp3) is 0.111. The van der Waals surface area contributed by atoms with E-state index in [1.165, 1.54) is 16.7 Å². The minimum absolute atomic E-state index is 0.00647. The lowest BCUT2D eigenvalue weighted by Gasteiger charge is -2.27. The van der Waals surface area contributed by atoms with E-state index in [1.54, 1.807) is 36.5 Å². The lowest BCUT2D eigenvalue weighted by atomic mass is 9.90. The van der Waals surface area contributed by atoms with E-state index in [0.717, 1.165) is 4.47 Å². The number of benzene rings is 2. The first-order chi connectivity index (χ1) is 12.4. The molecule has 0 spiro atoms. The summed E-state index contributed by atoms with van der Waals surface area (Å²) in [4.78, 5) is 24.5. The minimum atomic E-state index is -1.35. The third-order valence-electron chi connectivity index (χ3n) is 4.53. The number of urea groups is 1. The lowest BCUT2D eigenvalue weighted by molar-refractivity contribution is -0.124. The van der Waals surface area contributed by atoms with Gasteiger partial charge in [0.1, 0.15) is 5.75 Å². The van der Waals surface area contributed by atoms with Gasteiger partial charge in [0.05, 0.1) is 6.54 Å². The Balaban J connectivity index is 1.84. The third kappa shape index (κ3) is 2.50. The van der Waals surface area contributed by atoms with Gasteiger partial charge in [0.15, 0.2) is 11.4 Å². The zero-order valence-corrected chi connectivity index (χ0v) is 14.9. The normalized spacial score (nSPS) is 19.6. The van der Waals surface area contributed by atoms with Crippen LogP contribution in [0, 0.1) is 0 Å². The van der Waals surface area contributed by atoms with Crippen molar-refractivity contribution in [2.24, 2.45) is 0 Å². The Labute approximate surface area is 156 Å². The molecule has 1 aliphatic rings. The van der Waals surface area contributed by atoms with Crippen LogP contribution in [-0.2, 0) is 16.9 Å². The summed E-state index contributed by atoms with van der Waals surface area (Å²) >= 11 is 3.35. The maximum atomic E-state index is 12.6. The van der Waals surface area contributed by atoms with E-state index in [-0.39, 0.29) is 18.2 Å². The molecule has 3 amide bonds. The fourth-order valence-corrected chi connectivity index (χ4v) is 3.51. The highest BCUT2D eigenvalue weighted by Crippen LogP contribution is 2.34. The van der Waals surface area contributed by atoms with E-state index >= 15 is 0 Å². The summed E-state index contributed by atoms with van der Waals surface area (Å²) in [5.74, 6) is -0.564. The Morgan fingerprint density at radius 3 is 2.46 bits per heavy atom. The molecule has 3 aromatic rings. The average molecular weight is 416 g/mol. The number of phenolic OH excluding ortho intramolecular Hbond substituents is 1. The molecule has 4 rings (SSSR count). The van der Waals surface area contributed by atoms with Crippen LogP contribution in [0.25, 0.3) is 10.8 Å². The number of phenols is 1. The minimum Gasteiger partial charge on any atom is -0.508 e. The summed E-state index contributed by atoms with van der Waals surface area (Å²) in [5, 5.41) is 26.3. The standard InChI is InChI=1S/C18H14BrN3O4/c19-12-4-2-11(3-5-12)18(16(25)20-17(26)21-18)9-22-8-10-1-6-13(23)7-14(10)15(22)24/h1-8,23-24H,9H2,(H2,20,21,25,26). The number of imide groups is 1. The van der Waals surface area contributed by atoms with E-state index in [0.29, 0.717) is 16.3 Å². The quantitative estimate of drug-likeness (QED) is 0.493. The Morgan fingerprint density at radius 2 is 1.81 bits per heavy atom.